The average Bonchev–Trinajstić information content (AvgIpc) is 2.53. The summed E-state index contributed by atoms with van der Waals surface area (Å²) in [4.78, 5) is 17.4. The maximum absolute atomic E-state index is 11.7. The molecule has 1 aromatic heterocycles. The number of halogens is 1. The summed E-state index contributed by atoms with van der Waals surface area (Å²) in [6.07, 6.45) is 2.34. The van der Waals surface area contributed by atoms with Gasteiger partial charge in [0.1, 0.15) is 5.60 Å². The number of hydrogen-bond donors (Lipinski definition) is 1. The highest BCUT2D eigenvalue weighted by Gasteiger charge is 2.25. The summed E-state index contributed by atoms with van der Waals surface area (Å²) in [5, 5.41) is 2.93. The van der Waals surface area contributed by atoms with Crippen LogP contribution in [0.3, 0.4) is 0 Å². The summed E-state index contributed by atoms with van der Waals surface area (Å²) in [5.74, 6) is 0. The molecule has 0 saturated carbocycles. The van der Waals surface area contributed by atoms with E-state index in [1.807, 2.05) is 20.8 Å². The van der Waals surface area contributed by atoms with Gasteiger partial charge in [-0.25, -0.2) is 9.78 Å². The molecule has 1 amide bonds. The minimum Gasteiger partial charge on any atom is -0.444 e. The number of hydrogen-bond acceptors (Lipinski definition) is 4. The van der Waals surface area contributed by atoms with Gasteiger partial charge in [-0.05, 0) is 49.5 Å². The molecule has 0 fully saturated rings. The Morgan fingerprint density at radius 1 is 1.56 bits per heavy atom. The molecule has 0 aliphatic heterocycles. The second-order valence-electron chi connectivity index (χ2n) is 5.42. The molecule has 1 aromatic rings. The third-order valence-electron chi connectivity index (χ3n) is 2.63. The summed E-state index contributed by atoms with van der Waals surface area (Å²) < 4.78 is 6.18. The number of carbonyl (C=O) groups is 1. The first-order valence-corrected chi connectivity index (χ1v) is 7.58. The van der Waals surface area contributed by atoms with E-state index in [2.05, 4.69) is 26.2 Å². The second kappa shape index (κ2) is 5.17. The van der Waals surface area contributed by atoms with Crippen LogP contribution in [0, 0.1) is 0 Å². The fraction of sp³-hybridized carbons (Fsp3) is 0.667. The molecule has 0 unspecified atom stereocenters. The third-order valence-corrected chi connectivity index (χ3v) is 4.21. The van der Waals surface area contributed by atoms with Crippen LogP contribution in [0.4, 0.5) is 4.79 Å². The predicted octanol–water partition coefficient (Wildman–Crippen LogP) is 3.29. The van der Waals surface area contributed by atoms with E-state index in [0.717, 1.165) is 28.9 Å². The summed E-state index contributed by atoms with van der Waals surface area (Å²) in [5.41, 5.74) is 0.714. The number of fused-ring (bicyclic) bond motifs is 1. The molecule has 1 N–H and O–H groups in total. The number of nitrogens with zero attached hydrogens (tertiary/aromatic N) is 1. The van der Waals surface area contributed by atoms with E-state index in [0.29, 0.717) is 0 Å². The third kappa shape index (κ3) is 3.68. The van der Waals surface area contributed by atoms with Gasteiger partial charge in [0.15, 0.2) is 3.92 Å². The van der Waals surface area contributed by atoms with Crippen LogP contribution >= 0.6 is 27.3 Å². The highest BCUT2D eigenvalue weighted by Crippen LogP contribution is 2.29. The smallest absolute Gasteiger partial charge is 0.407 e. The van der Waals surface area contributed by atoms with Crippen LogP contribution in [0.25, 0.3) is 0 Å². The van der Waals surface area contributed by atoms with E-state index in [9.17, 15) is 4.79 Å². The molecule has 1 atom stereocenters. The monoisotopic (exact) mass is 332 g/mol. The van der Waals surface area contributed by atoms with Crippen molar-refractivity contribution in [3.8, 4) is 0 Å². The largest absolute Gasteiger partial charge is 0.444 e. The molecule has 18 heavy (non-hydrogen) atoms. The standard InChI is InChI=1S/C12H17BrN2O2S/c1-12(2,3)17-11(16)14-7-4-5-8-9(6-7)18-10(13)15-8/h7H,4-6H2,1-3H3,(H,14,16)/t7-/m0/s1. The van der Waals surface area contributed by atoms with Crippen molar-refractivity contribution >= 4 is 33.4 Å². The van der Waals surface area contributed by atoms with Crippen molar-refractivity contribution in [2.45, 2.75) is 51.7 Å². The first-order chi connectivity index (χ1) is 8.33. The number of aromatic nitrogens is 1. The first kappa shape index (κ1) is 13.8. The summed E-state index contributed by atoms with van der Waals surface area (Å²) in [7, 11) is 0. The molecule has 1 aliphatic carbocycles. The highest BCUT2D eigenvalue weighted by atomic mass is 79.9. The average molecular weight is 333 g/mol. The SMILES string of the molecule is CC(C)(C)OC(=O)N[C@H]1CCc2nc(Br)sc2C1. The Balaban J connectivity index is 1.91. The van der Waals surface area contributed by atoms with Crippen molar-refractivity contribution in [3.05, 3.63) is 14.5 Å². The zero-order valence-corrected chi connectivity index (χ0v) is 13.2. The molecule has 100 valence electrons. The fourth-order valence-electron chi connectivity index (χ4n) is 1.94. The second-order valence-corrected chi connectivity index (χ2v) is 7.78. The fourth-order valence-corrected chi connectivity index (χ4v) is 3.65. The van der Waals surface area contributed by atoms with Gasteiger partial charge in [0, 0.05) is 17.3 Å². The van der Waals surface area contributed by atoms with Crippen molar-refractivity contribution in [1.82, 2.24) is 10.3 Å². The normalized spacial score (nSPS) is 19.2. The molecule has 0 aromatic carbocycles. The highest BCUT2D eigenvalue weighted by molar-refractivity contribution is 9.11. The lowest BCUT2D eigenvalue weighted by atomic mass is 9.98. The van der Waals surface area contributed by atoms with Crippen molar-refractivity contribution in [2.24, 2.45) is 0 Å². The number of alkyl carbamates (subject to hydrolysis) is 1. The van der Waals surface area contributed by atoms with Crippen LogP contribution < -0.4 is 5.32 Å². The van der Waals surface area contributed by atoms with E-state index in [-0.39, 0.29) is 12.1 Å². The first-order valence-electron chi connectivity index (χ1n) is 5.97. The number of thiazole rings is 1. The van der Waals surface area contributed by atoms with Crippen LogP contribution in [-0.2, 0) is 17.6 Å². The topological polar surface area (TPSA) is 51.2 Å². The van der Waals surface area contributed by atoms with Crippen LogP contribution in [0.15, 0.2) is 3.92 Å². The van der Waals surface area contributed by atoms with Crippen LogP contribution in [0.1, 0.15) is 37.8 Å². The maximum Gasteiger partial charge on any atom is 0.407 e. The van der Waals surface area contributed by atoms with Crippen LogP contribution in [0.2, 0.25) is 0 Å². The van der Waals surface area contributed by atoms with E-state index in [1.54, 1.807) is 11.3 Å². The van der Waals surface area contributed by atoms with E-state index in [1.165, 1.54) is 4.88 Å². The van der Waals surface area contributed by atoms with Gasteiger partial charge in [0.25, 0.3) is 0 Å². The Bertz CT molecular complexity index is 453. The van der Waals surface area contributed by atoms with E-state index < -0.39 is 5.60 Å². The molecule has 6 heteroatoms. The van der Waals surface area contributed by atoms with Gasteiger partial charge < -0.3 is 10.1 Å². The van der Waals surface area contributed by atoms with Gasteiger partial charge in [-0.15, -0.1) is 11.3 Å². The molecule has 1 aliphatic rings. The number of amides is 1. The summed E-state index contributed by atoms with van der Waals surface area (Å²) in [6, 6.07) is 0.152. The van der Waals surface area contributed by atoms with Crippen LogP contribution in [0.5, 0.6) is 0 Å². The molecule has 0 bridgehead atoms. The lowest BCUT2D eigenvalue weighted by Gasteiger charge is -2.25. The lowest BCUT2D eigenvalue weighted by Crippen LogP contribution is -2.41. The molecular weight excluding hydrogens is 316 g/mol. The lowest BCUT2D eigenvalue weighted by molar-refractivity contribution is 0.0500. The van der Waals surface area contributed by atoms with Gasteiger partial charge in [0.2, 0.25) is 0 Å². The molecule has 4 nitrogen and oxygen atoms in total. The Hall–Kier alpha value is -0.620. The molecule has 1 heterocycles. The van der Waals surface area contributed by atoms with Gasteiger partial charge in [-0.3, -0.25) is 0 Å². The number of carbonyl (C=O) groups excluding carboxylic acids is 1. The van der Waals surface area contributed by atoms with E-state index in [4.69, 9.17) is 4.74 Å². The quantitative estimate of drug-likeness (QED) is 0.858. The Labute approximate surface area is 119 Å². The molecule has 0 saturated heterocycles. The Kier molecular flexibility index (Phi) is 3.96. The Morgan fingerprint density at radius 3 is 2.94 bits per heavy atom. The minimum atomic E-state index is -0.447. The zero-order valence-electron chi connectivity index (χ0n) is 10.7. The molecule has 0 radical (unpaired) electrons. The van der Waals surface area contributed by atoms with Gasteiger partial charge in [-0.2, -0.15) is 0 Å². The van der Waals surface area contributed by atoms with Gasteiger partial charge in [0.05, 0.1) is 5.69 Å². The van der Waals surface area contributed by atoms with E-state index >= 15 is 0 Å². The van der Waals surface area contributed by atoms with Gasteiger partial charge >= 0.3 is 6.09 Å². The predicted molar refractivity (Wildman–Crippen MR) is 75.0 cm³/mol. The number of aryl methyl sites for hydroxylation is 1. The Morgan fingerprint density at radius 2 is 2.28 bits per heavy atom. The molecule has 0 spiro atoms. The maximum atomic E-state index is 11.7. The summed E-state index contributed by atoms with van der Waals surface area (Å²) >= 11 is 5.05. The van der Waals surface area contributed by atoms with Crippen molar-refractivity contribution in [1.29, 1.82) is 0 Å². The minimum absolute atomic E-state index is 0.152. The van der Waals surface area contributed by atoms with Crippen molar-refractivity contribution in [3.63, 3.8) is 0 Å². The summed E-state index contributed by atoms with van der Waals surface area (Å²) in [6.45, 7) is 5.60. The molecule has 2 rings (SSSR count). The van der Waals surface area contributed by atoms with Gasteiger partial charge in [-0.1, -0.05) is 0 Å². The number of nitrogens with one attached hydrogen (secondary N) is 1. The molecular formula is C12H17BrN2O2S. The van der Waals surface area contributed by atoms with Crippen LogP contribution in [-0.4, -0.2) is 22.7 Å². The number of ether oxygens (including phenoxy) is 1. The van der Waals surface area contributed by atoms with Crippen molar-refractivity contribution in [2.75, 3.05) is 0 Å². The zero-order chi connectivity index (χ0) is 13.3. The van der Waals surface area contributed by atoms with Crippen molar-refractivity contribution < 1.29 is 9.53 Å². The number of rotatable bonds is 1.